The van der Waals surface area contributed by atoms with Gasteiger partial charge in [-0.05, 0) is 37.1 Å². The van der Waals surface area contributed by atoms with Crippen molar-refractivity contribution in [2.24, 2.45) is 0 Å². The lowest BCUT2D eigenvalue weighted by atomic mass is 10.3. The van der Waals surface area contributed by atoms with Gasteiger partial charge in [0.05, 0.1) is 17.7 Å². The molecule has 0 aliphatic rings. The molecule has 1 aromatic carbocycles. The number of nitrogens with zero attached hydrogens (tertiary/aromatic N) is 5. The van der Waals surface area contributed by atoms with Gasteiger partial charge in [-0.2, -0.15) is 0 Å². The second kappa shape index (κ2) is 10.8. The van der Waals surface area contributed by atoms with Crippen LogP contribution in [-0.2, 0) is 5.75 Å². The van der Waals surface area contributed by atoms with Gasteiger partial charge in [-0.15, -0.1) is 21.5 Å². The van der Waals surface area contributed by atoms with Gasteiger partial charge in [0.25, 0.3) is 5.91 Å². The van der Waals surface area contributed by atoms with Crippen molar-refractivity contribution in [3.05, 3.63) is 64.6 Å². The average Bonchev–Trinajstić information content (AvgIpc) is 3.58. The lowest BCUT2D eigenvalue weighted by Gasteiger charge is -2.20. The molecule has 172 valence electrons. The van der Waals surface area contributed by atoms with Crippen LogP contribution >= 0.6 is 23.1 Å². The SMILES string of the molecule is CCCN(CCC)C(=O)c1csc(CSc2nnc(-c3ccco3)n2-c2ccccc2F)n1. The topological polar surface area (TPSA) is 77.0 Å². The summed E-state index contributed by atoms with van der Waals surface area (Å²) in [4.78, 5) is 19.2. The summed E-state index contributed by atoms with van der Waals surface area (Å²) >= 11 is 2.81. The number of benzene rings is 1. The molecule has 4 rings (SSSR count). The fourth-order valence-electron chi connectivity index (χ4n) is 3.40. The van der Waals surface area contributed by atoms with Gasteiger partial charge in [0.2, 0.25) is 5.82 Å². The first-order valence-corrected chi connectivity index (χ1v) is 12.6. The average molecular weight is 486 g/mol. The maximum absolute atomic E-state index is 14.6. The first-order chi connectivity index (χ1) is 16.1. The van der Waals surface area contributed by atoms with Gasteiger partial charge in [0, 0.05) is 18.5 Å². The number of rotatable bonds is 10. The van der Waals surface area contributed by atoms with Crippen LogP contribution in [0, 0.1) is 5.82 Å². The maximum Gasteiger partial charge on any atom is 0.273 e. The molecule has 10 heteroatoms. The first-order valence-electron chi connectivity index (χ1n) is 10.7. The predicted molar refractivity (Wildman–Crippen MR) is 127 cm³/mol. The number of para-hydroxylation sites is 1. The monoisotopic (exact) mass is 485 g/mol. The van der Waals surface area contributed by atoms with Crippen LogP contribution in [-0.4, -0.2) is 43.6 Å². The van der Waals surface area contributed by atoms with Gasteiger partial charge in [0.15, 0.2) is 10.9 Å². The Morgan fingerprint density at radius 2 is 1.94 bits per heavy atom. The van der Waals surface area contributed by atoms with Crippen LogP contribution in [0.4, 0.5) is 4.39 Å². The van der Waals surface area contributed by atoms with E-state index in [4.69, 9.17) is 4.42 Å². The first kappa shape index (κ1) is 23.2. The molecule has 0 N–H and O–H groups in total. The molecular formula is C23H24FN5O2S2. The summed E-state index contributed by atoms with van der Waals surface area (Å²) in [7, 11) is 0. The number of thiazole rings is 1. The Balaban J connectivity index is 1.56. The minimum absolute atomic E-state index is 0.0409. The molecule has 0 bridgehead atoms. The Bertz CT molecular complexity index is 1200. The normalized spacial score (nSPS) is 11.1. The summed E-state index contributed by atoms with van der Waals surface area (Å²) < 4.78 is 21.8. The van der Waals surface area contributed by atoms with Crippen LogP contribution in [0.15, 0.2) is 57.6 Å². The molecule has 1 amide bonds. The lowest BCUT2D eigenvalue weighted by Crippen LogP contribution is -2.32. The number of thioether (sulfide) groups is 1. The second-order valence-corrected chi connectivity index (χ2v) is 9.16. The van der Waals surface area contributed by atoms with Crippen molar-refractivity contribution in [3.8, 4) is 17.3 Å². The van der Waals surface area contributed by atoms with E-state index in [0.29, 0.717) is 33.9 Å². The van der Waals surface area contributed by atoms with E-state index in [1.54, 1.807) is 40.3 Å². The fourth-order valence-corrected chi connectivity index (χ4v) is 5.13. The second-order valence-electron chi connectivity index (χ2n) is 7.28. The molecule has 0 unspecified atom stereocenters. The zero-order valence-electron chi connectivity index (χ0n) is 18.4. The van der Waals surface area contributed by atoms with Crippen molar-refractivity contribution in [1.29, 1.82) is 0 Å². The fraction of sp³-hybridized carbons (Fsp3) is 0.304. The van der Waals surface area contributed by atoms with E-state index in [1.165, 1.54) is 35.4 Å². The van der Waals surface area contributed by atoms with Crippen LogP contribution in [0.5, 0.6) is 0 Å². The van der Waals surface area contributed by atoms with Crippen molar-refractivity contribution in [3.63, 3.8) is 0 Å². The number of amides is 1. The van der Waals surface area contributed by atoms with Crippen molar-refractivity contribution in [2.45, 2.75) is 37.6 Å². The minimum Gasteiger partial charge on any atom is -0.461 e. The van der Waals surface area contributed by atoms with Crippen LogP contribution in [0.1, 0.15) is 42.2 Å². The number of hydrogen-bond donors (Lipinski definition) is 0. The van der Waals surface area contributed by atoms with Crippen LogP contribution < -0.4 is 0 Å². The summed E-state index contributed by atoms with van der Waals surface area (Å²) in [6, 6.07) is 9.97. The Labute approximate surface area is 199 Å². The Kier molecular flexibility index (Phi) is 7.56. The van der Waals surface area contributed by atoms with Gasteiger partial charge in [0.1, 0.15) is 16.5 Å². The lowest BCUT2D eigenvalue weighted by molar-refractivity contribution is 0.0750. The van der Waals surface area contributed by atoms with Crippen molar-refractivity contribution >= 4 is 29.0 Å². The molecular weight excluding hydrogens is 461 g/mol. The van der Waals surface area contributed by atoms with Crippen LogP contribution in [0.25, 0.3) is 17.3 Å². The summed E-state index contributed by atoms with van der Waals surface area (Å²) in [6.45, 7) is 5.55. The number of furan rings is 1. The highest BCUT2D eigenvalue weighted by molar-refractivity contribution is 7.98. The summed E-state index contributed by atoms with van der Waals surface area (Å²) in [6.07, 6.45) is 3.35. The molecule has 0 saturated carbocycles. The largest absolute Gasteiger partial charge is 0.461 e. The van der Waals surface area contributed by atoms with Crippen molar-refractivity contribution in [1.82, 2.24) is 24.6 Å². The summed E-state index contributed by atoms with van der Waals surface area (Å²) in [5.74, 6) is 0.954. The molecule has 3 heterocycles. The number of carbonyl (C=O) groups excluding carboxylic acids is 1. The highest BCUT2D eigenvalue weighted by Gasteiger charge is 2.21. The van der Waals surface area contributed by atoms with Gasteiger partial charge >= 0.3 is 0 Å². The van der Waals surface area contributed by atoms with E-state index in [2.05, 4.69) is 29.0 Å². The Morgan fingerprint density at radius 3 is 2.64 bits per heavy atom. The summed E-state index contributed by atoms with van der Waals surface area (Å²) in [5, 5.41) is 11.6. The predicted octanol–water partition coefficient (Wildman–Crippen LogP) is 5.68. The number of aromatic nitrogens is 4. The molecule has 0 aliphatic heterocycles. The quantitative estimate of drug-likeness (QED) is 0.269. The minimum atomic E-state index is -0.388. The van der Waals surface area contributed by atoms with Crippen molar-refractivity contribution < 1.29 is 13.6 Å². The van der Waals surface area contributed by atoms with Crippen LogP contribution in [0.3, 0.4) is 0 Å². The third-order valence-corrected chi connectivity index (χ3v) is 6.81. The van der Waals surface area contributed by atoms with Gasteiger partial charge < -0.3 is 9.32 Å². The van der Waals surface area contributed by atoms with Crippen LogP contribution in [0.2, 0.25) is 0 Å². The molecule has 7 nitrogen and oxygen atoms in total. The molecule has 3 aromatic heterocycles. The van der Waals surface area contributed by atoms with E-state index in [1.807, 2.05) is 4.90 Å². The molecule has 0 spiro atoms. The van der Waals surface area contributed by atoms with Crippen molar-refractivity contribution in [2.75, 3.05) is 13.1 Å². The maximum atomic E-state index is 14.6. The Morgan fingerprint density at radius 1 is 1.15 bits per heavy atom. The van der Waals surface area contributed by atoms with E-state index < -0.39 is 0 Å². The zero-order chi connectivity index (χ0) is 23.2. The molecule has 0 atom stereocenters. The third-order valence-electron chi connectivity index (χ3n) is 4.84. The van der Waals surface area contributed by atoms with Gasteiger partial charge in [-0.3, -0.25) is 9.36 Å². The van der Waals surface area contributed by atoms with E-state index in [9.17, 15) is 9.18 Å². The third kappa shape index (κ3) is 5.17. The number of hydrogen-bond acceptors (Lipinski definition) is 7. The van der Waals surface area contributed by atoms with Gasteiger partial charge in [-0.1, -0.05) is 37.7 Å². The number of halogens is 1. The molecule has 0 fully saturated rings. The smallest absolute Gasteiger partial charge is 0.273 e. The van der Waals surface area contributed by atoms with E-state index in [0.717, 1.165) is 30.9 Å². The molecule has 0 radical (unpaired) electrons. The highest BCUT2D eigenvalue weighted by atomic mass is 32.2. The molecule has 33 heavy (non-hydrogen) atoms. The molecule has 4 aromatic rings. The zero-order valence-corrected chi connectivity index (χ0v) is 20.0. The standard InChI is InChI=1S/C23H24FN5O2S2/c1-3-11-28(12-4-2)22(30)17-14-32-20(25-17)15-33-23-27-26-21(19-10-7-13-31-19)29(23)18-9-6-5-8-16(18)24/h5-10,13-14H,3-4,11-12,15H2,1-2H3. The Hall–Kier alpha value is -2.98. The highest BCUT2D eigenvalue weighted by Crippen LogP contribution is 2.31. The van der Waals surface area contributed by atoms with E-state index in [-0.39, 0.29) is 11.7 Å². The van der Waals surface area contributed by atoms with E-state index >= 15 is 0 Å². The number of carbonyl (C=O) groups is 1. The van der Waals surface area contributed by atoms with Gasteiger partial charge in [-0.25, -0.2) is 9.37 Å². The summed E-state index contributed by atoms with van der Waals surface area (Å²) in [5.41, 5.74) is 0.797. The molecule has 0 saturated heterocycles. The molecule has 0 aliphatic carbocycles.